The first-order valence-electron chi connectivity index (χ1n) is 9.39. The maximum atomic E-state index is 12.4. The molecule has 27 heavy (non-hydrogen) atoms. The summed E-state index contributed by atoms with van der Waals surface area (Å²) in [6.45, 7) is 7.66. The molecule has 0 radical (unpaired) electrons. The van der Waals surface area contributed by atoms with Crippen LogP contribution in [0.5, 0.6) is 0 Å². The van der Waals surface area contributed by atoms with E-state index in [9.17, 15) is 4.79 Å². The summed E-state index contributed by atoms with van der Waals surface area (Å²) < 4.78 is 5.50. The number of aromatic nitrogens is 2. The van der Waals surface area contributed by atoms with Crippen LogP contribution in [-0.4, -0.2) is 46.7 Å². The van der Waals surface area contributed by atoms with Gasteiger partial charge in [0.25, 0.3) is 0 Å². The minimum Gasteiger partial charge on any atom is -0.444 e. The van der Waals surface area contributed by atoms with E-state index in [0.29, 0.717) is 25.5 Å². The summed E-state index contributed by atoms with van der Waals surface area (Å²) in [5.41, 5.74) is 2.86. The van der Waals surface area contributed by atoms with Crippen LogP contribution in [0.2, 0.25) is 0 Å². The first-order chi connectivity index (χ1) is 12.8. The molecule has 0 spiro atoms. The van der Waals surface area contributed by atoms with Gasteiger partial charge >= 0.3 is 6.09 Å². The van der Waals surface area contributed by atoms with Crippen LogP contribution in [0.25, 0.3) is 0 Å². The number of carbonyl (C=O) groups is 1. The number of rotatable bonds is 3. The fraction of sp³-hybridized carbons (Fsp3) is 0.476. The molecule has 6 nitrogen and oxygen atoms in total. The van der Waals surface area contributed by atoms with Gasteiger partial charge in [0, 0.05) is 39.3 Å². The second kappa shape index (κ2) is 7.94. The van der Waals surface area contributed by atoms with Crippen LogP contribution in [0.15, 0.2) is 36.5 Å². The first-order valence-corrected chi connectivity index (χ1v) is 9.39. The summed E-state index contributed by atoms with van der Waals surface area (Å²) in [5.74, 6) is 0.711. The predicted octanol–water partition coefficient (Wildman–Crippen LogP) is 3.45. The number of hydrogen-bond donors (Lipinski definition) is 0. The van der Waals surface area contributed by atoms with Crippen molar-refractivity contribution < 1.29 is 9.53 Å². The van der Waals surface area contributed by atoms with Crippen molar-refractivity contribution in [1.29, 1.82) is 0 Å². The van der Waals surface area contributed by atoms with Crippen molar-refractivity contribution in [2.24, 2.45) is 0 Å². The number of nitrogens with zero attached hydrogens (tertiary/aromatic N) is 4. The summed E-state index contributed by atoms with van der Waals surface area (Å²) in [6.07, 6.45) is 3.10. The number of benzene rings is 1. The molecule has 1 aliphatic heterocycles. The van der Waals surface area contributed by atoms with E-state index in [1.165, 1.54) is 5.56 Å². The van der Waals surface area contributed by atoms with E-state index in [-0.39, 0.29) is 6.09 Å². The normalized spacial score (nSPS) is 14.3. The maximum absolute atomic E-state index is 12.4. The van der Waals surface area contributed by atoms with Gasteiger partial charge in [-0.2, -0.15) is 0 Å². The third-order valence-corrected chi connectivity index (χ3v) is 4.47. The molecule has 144 valence electrons. The van der Waals surface area contributed by atoms with Crippen LogP contribution >= 0.6 is 0 Å². The second-order valence-corrected chi connectivity index (χ2v) is 7.95. The fourth-order valence-corrected chi connectivity index (χ4v) is 3.09. The van der Waals surface area contributed by atoms with Gasteiger partial charge in [-0.15, -0.1) is 0 Å². The lowest BCUT2D eigenvalue weighted by molar-refractivity contribution is 0.0258. The van der Waals surface area contributed by atoms with E-state index >= 15 is 0 Å². The van der Waals surface area contributed by atoms with Gasteiger partial charge in [-0.3, -0.25) is 0 Å². The molecule has 2 aromatic rings. The van der Waals surface area contributed by atoms with Gasteiger partial charge in [-0.05, 0) is 38.3 Å². The van der Waals surface area contributed by atoms with Crippen molar-refractivity contribution in [3.8, 4) is 0 Å². The van der Waals surface area contributed by atoms with E-state index in [1.807, 2.05) is 57.1 Å². The van der Waals surface area contributed by atoms with Crippen LogP contribution in [0.1, 0.15) is 37.6 Å². The zero-order valence-corrected chi connectivity index (χ0v) is 16.6. The van der Waals surface area contributed by atoms with Crippen LogP contribution in [0.4, 0.5) is 10.7 Å². The predicted molar refractivity (Wildman–Crippen MR) is 106 cm³/mol. The van der Waals surface area contributed by atoms with Crippen LogP contribution in [-0.2, 0) is 24.1 Å². The molecule has 0 atom stereocenters. The Morgan fingerprint density at radius 3 is 2.59 bits per heavy atom. The number of amides is 1. The lowest BCUT2D eigenvalue weighted by Gasteiger charge is -2.26. The highest BCUT2D eigenvalue weighted by molar-refractivity contribution is 5.68. The van der Waals surface area contributed by atoms with E-state index in [0.717, 1.165) is 24.2 Å². The monoisotopic (exact) mass is 368 g/mol. The van der Waals surface area contributed by atoms with Crippen molar-refractivity contribution >= 4 is 12.0 Å². The highest BCUT2D eigenvalue weighted by atomic mass is 16.6. The molecule has 1 aromatic heterocycles. The van der Waals surface area contributed by atoms with Gasteiger partial charge in [-0.1, -0.05) is 30.3 Å². The molecule has 0 N–H and O–H groups in total. The largest absolute Gasteiger partial charge is 0.444 e. The third-order valence-electron chi connectivity index (χ3n) is 4.47. The SMILES string of the molecule is CN(Cc1ccccc1)c1ncc2c(n1)CCN(C(=O)OC(C)(C)C)CC2. The standard InChI is InChI=1S/C21H28N4O2/c1-21(2,3)27-20(26)25-12-10-17-14-22-19(23-18(17)11-13-25)24(4)15-16-8-6-5-7-9-16/h5-9,14H,10-13,15H2,1-4H3. The van der Waals surface area contributed by atoms with Gasteiger partial charge in [0.2, 0.25) is 5.95 Å². The number of hydrogen-bond acceptors (Lipinski definition) is 5. The van der Waals surface area contributed by atoms with Crippen molar-refractivity contribution in [3.05, 3.63) is 53.3 Å². The Morgan fingerprint density at radius 1 is 1.19 bits per heavy atom. The van der Waals surface area contributed by atoms with E-state index in [4.69, 9.17) is 9.72 Å². The number of fused-ring (bicyclic) bond motifs is 1. The number of carbonyl (C=O) groups excluding carboxylic acids is 1. The number of ether oxygens (including phenoxy) is 1. The minimum atomic E-state index is -0.483. The summed E-state index contributed by atoms with van der Waals surface area (Å²) in [4.78, 5) is 25.5. The Kier molecular flexibility index (Phi) is 5.63. The van der Waals surface area contributed by atoms with Gasteiger partial charge in [0.15, 0.2) is 0 Å². The van der Waals surface area contributed by atoms with E-state index in [1.54, 1.807) is 4.90 Å². The summed E-state index contributed by atoms with van der Waals surface area (Å²) in [5, 5.41) is 0. The van der Waals surface area contributed by atoms with Crippen molar-refractivity contribution in [2.45, 2.75) is 45.8 Å². The quantitative estimate of drug-likeness (QED) is 0.830. The molecule has 1 amide bonds. The molecule has 0 fully saturated rings. The van der Waals surface area contributed by atoms with Gasteiger partial charge in [0.05, 0.1) is 5.69 Å². The topological polar surface area (TPSA) is 58.6 Å². The lowest BCUT2D eigenvalue weighted by atomic mass is 10.1. The van der Waals surface area contributed by atoms with E-state index < -0.39 is 5.60 Å². The molecule has 0 unspecified atom stereocenters. The van der Waals surface area contributed by atoms with Crippen molar-refractivity contribution in [1.82, 2.24) is 14.9 Å². The average Bonchev–Trinajstić information content (AvgIpc) is 2.83. The summed E-state index contributed by atoms with van der Waals surface area (Å²) >= 11 is 0. The molecule has 2 heterocycles. The first kappa shape index (κ1) is 19.1. The van der Waals surface area contributed by atoms with Crippen molar-refractivity contribution in [2.75, 3.05) is 25.0 Å². The summed E-state index contributed by atoms with van der Waals surface area (Å²) in [7, 11) is 2.00. The zero-order valence-electron chi connectivity index (χ0n) is 16.6. The number of anilines is 1. The average molecular weight is 368 g/mol. The zero-order chi connectivity index (χ0) is 19.4. The Morgan fingerprint density at radius 2 is 1.89 bits per heavy atom. The van der Waals surface area contributed by atoms with Crippen LogP contribution < -0.4 is 4.90 Å². The smallest absolute Gasteiger partial charge is 0.410 e. The van der Waals surface area contributed by atoms with Gasteiger partial charge in [0.1, 0.15) is 5.60 Å². The molecule has 0 saturated carbocycles. The fourth-order valence-electron chi connectivity index (χ4n) is 3.09. The highest BCUT2D eigenvalue weighted by Gasteiger charge is 2.25. The molecule has 0 bridgehead atoms. The molecule has 3 rings (SSSR count). The summed E-state index contributed by atoms with van der Waals surface area (Å²) in [6, 6.07) is 10.3. The van der Waals surface area contributed by atoms with Gasteiger partial charge < -0.3 is 14.5 Å². The van der Waals surface area contributed by atoms with Crippen molar-refractivity contribution in [3.63, 3.8) is 0 Å². The third kappa shape index (κ3) is 5.18. The Balaban J connectivity index is 1.68. The Labute approximate surface area is 161 Å². The van der Waals surface area contributed by atoms with Crippen LogP contribution in [0, 0.1) is 0 Å². The maximum Gasteiger partial charge on any atom is 0.410 e. The minimum absolute atomic E-state index is 0.260. The van der Waals surface area contributed by atoms with E-state index in [2.05, 4.69) is 17.1 Å². The molecule has 0 aliphatic carbocycles. The molecular formula is C21H28N4O2. The Hall–Kier alpha value is -2.63. The van der Waals surface area contributed by atoms with Crippen LogP contribution in [0.3, 0.4) is 0 Å². The molecule has 1 aromatic carbocycles. The molecule has 0 saturated heterocycles. The molecule has 6 heteroatoms. The van der Waals surface area contributed by atoms with Gasteiger partial charge in [-0.25, -0.2) is 14.8 Å². The second-order valence-electron chi connectivity index (χ2n) is 7.95. The molecular weight excluding hydrogens is 340 g/mol. The Bertz CT molecular complexity index is 787. The lowest BCUT2D eigenvalue weighted by Crippen LogP contribution is -2.38. The molecule has 1 aliphatic rings. The highest BCUT2D eigenvalue weighted by Crippen LogP contribution is 2.19.